The molecule has 5 nitrogen and oxygen atoms in total. The van der Waals surface area contributed by atoms with E-state index in [-0.39, 0.29) is 17.6 Å². The maximum atomic E-state index is 12.6. The predicted octanol–water partition coefficient (Wildman–Crippen LogP) is 2.93. The zero-order valence-corrected chi connectivity index (χ0v) is 13.7. The number of ketones is 1. The summed E-state index contributed by atoms with van der Waals surface area (Å²) in [5, 5.41) is 18.0. The topological polar surface area (TPSA) is 68.0 Å². The van der Waals surface area contributed by atoms with Gasteiger partial charge in [0, 0.05) is 12.1 Å². The van der Waals surface area contributed by atoms with Gasteiger partial charge in [-0.05, 0) is 12.8 Å². The molecule has 0 aliphatic rings. The minimum absolute atomic E-state index is 0.102. The fraction of sp³-hybridized carbons (Fsp3) is 0.438. The number of hydrogen-bond donors (Lipinski definition) is 1. The Kier molecular flexibility index (Phi) is 6.15. The van der Waals surface area contributed by atoms with E-state index < -0.39 is 0 Å². The van der Waals surface area contributed by atoms with Crippen LogP contribution in [0.25, 0.3) is 0 Å². The van der Waals surface area contributed by atoms with Crippen LogP contribution in [0.3, 0.4) is 0 Å². The third kappa shape index (κ3) is 3.75. The van der Waals surface area contributed by atoms with E-state index in [1.807, 2.05) is 41.8 Å². The Morgan fingerprint density at radius 3 is 2.59 bits per heavy atom. The van der Waals surface area contributed by atoms with Crippen LogP contribution in [0.15, 0.2) is 35.5 Å². The number of aliphatic hydroxyl groups is 1. The van der Waals surface area contributed by atoms with Gasteiger partial charge in [-0.15, -0.1) is 10.2 Å². The van der Waals surface area contributed by atoms with Gasteiger partial charge in [0.2, 0.25) is 0 Å². The molecule has 118 valence electrons. The minimum atomic E-state index is -0.200. The Morgan fingerprint density at radius 1 is 1.27 bits per heavy atom. The Morgan fingerprint density at radius 2 is 2.00 bits per heavy atom. The summed E-state index contributed by atoms with van der Waals surface area (Å²) in [4.78, 5) is 12.6. The highest BCUT2D eigenvalue weighted by Crippen LogP contribution is 2.27. The Labute approximate surface area is 134 Å². The molecule has 1 aromatic carbocycles. The predicted molar refractivity (Wildman–Crippen MR) is 86.9 cm³/mol. The number of nitrogens with zero attached hydrogens (tertiary/aromatic N) is 3. The van der Waals surface area contributed by atoms with E-state index in [4.69, 9.17) is 0 Å². The molecule has 0 aliphatic heterocycles. The molecule has 22 heavy (non-hydrogen) atoms. The van der Waals surface area contributed by atoms with Gasteiger partial charge in [0.05, 0.1) is 5.25 Å². The van der Waals surface area contributed by atoms with E-state index in [1.165, 1.54) is 11.8 Å². The second-order valence-corrected chi connectivity index (χ2v) is 6.12. The van der Waals surface area contributed by atoms with Crippen molar-refractivity contribution in [1.29, 1.82) is 0 Å². The lowest BCUT2D eigenvalue weighted by molar-refractivity contribution is 0.0988. The summed E-state index contributed by atoms with van der Waals surface area (Å²) < 4.78 is 1.89. The number of aromatic nitrogens is 3. The highest BCUT2D eigenvalue weighted by Gasteiger charge is 2.23. The highest BCUT2D eigenvalue weighted by molar-refractivity contribution is 8.00. The molecule has 2 aromatic rings. The molecule has 0 fully saturated rings. The van der Waals surface area contributed by atoms with Gasteiger partial charge in [-0.3, -0.25) is 4.79 Å². The maximum absolute atomic E-state index is 12.6. The lowest BCUT2D eigenvalue weighted by Gasteiger charge is -2.14. The number of aliphatic hydroxyl groups excluding tert-OH is 1. The van der Waals surface area contributed by atoms with Crippen molar-refractivity contribution < 1.29 is 9.90 Å². The van der Waals surface area contributed by atoms with Crippen molar-refractivity contribution in [1.82, 2.24) is 14.8 Å². The van der Waals surface area contributed by atoms with Gasteiger partial charge >= 0.3 is 0 Å². The number of rotatable bonds is 8. The number of carbonyl (C=O) groups is 1. The molecular weight excluding hydrogens is 298 g/mol. The Hall–Kier alpha value is -1.66. The van der Waals surface area contributed by atoms with Crippen LogP contribution in [0.2, 0.25) is 0 Å². The maximum Gasteiger partial charge on any atom is 0.191 e. The highest BCUT2D eigenvalue weighted by atomic mass is 32.2. The number of benzene rings is 1. The van der Waals surface area contributed by atoms with E-state index >= 15 is 0 Å². The summed E-state index contributed by atoms with van der Waals surface area (Å²) in [5.74, 6) is 0.649. The molecule has 0 bridgehead atoms. The quantitative estimate of drug-likeness (QED) is 0.598. The van der Waals surface area contributed by atoms with Gasteiger partial charge < -0.3 is 9.67 Å². The largest absolute Gasteiger partial charge is 0.388 e. The van der Waals surface area contributed by atoms with Gasteiger partial charge in [-0.1, -0.05) is 55.9 Å². The van der Waals surface area contributed by atoms with E-state index in [0.717, 1.165) is 13.0 Å². The molecule has 2 rings (SSSR count). The smallest absolute Gasteiger partial charge is 0.191 e. The summed E-state index contributed by atoms with van der Waals surface area (Å²) in [6, 6.07) is 9.31. The minimum Gasteiger partial charge on any atom is -0.388 e. The summed E-state index contributed by atoms with van der Waals surface area (Å²) in [6.07, 6.45) is 1.63. The fourth-order valence-electron chi connectivity index (χ4n) is 2.21. The number of hydrogen-bond acceptors (Lipinski definition) is 5. The van der Waals surface area contributed by atoms with Crippen LogP contribution < -0.4 is 0 Å². The summed E-state index contributed by atoms with van der Waals surface area (Å²) in [7, 11) is 0. The average molecular weight is 319 g/mol. The van der Waals surface area contributed by atoms with Crippen molar-refractivity contribution in [3.8, 4) is 0 Å². The first-order chi connectivity index (χ1) is 10.7. The molecule has 0 saturated carbocycles. The monoisotopic (exact) mass is 319 g/mol. The summed E-state index contributed by atoms with van der Waals surface area (Å²) >= 11 is 1.42. The number of thioether (sulfide) groups is 1. The van der Waals surface area contributed by atoms with Gasteiger partial charge in [0.25, 0.3) is 0 Å². The van der Waals surface area contributed by atoms with E-state index in [9.17, 15) is 9.90 Å². The lowest BCUT2D eigenvalue weighted by Crippen LogP contribution is -2.17. The Bertz CT molecular complexity index is 613. The van der Waals surface area contributed by atoms with Crippen LogP contribution in [-0.4, -0.2) is 30.9 Å². The summed E-state index contributed by atoms with van der Waals surface area (Å²) in [5.41, 5.74) is 0.714. The van der Waals surface area contributed by atoms with Crippen LogP contribution in [0.5, 0.6) is 0 Å². The van der Waals surface area contributed by atoms with Crippen LogP contribution in [0, 0.1) is 0 Å². The van der Waals surface area contributed by atoms with Gasteiger partial charge in [-0.2, -0.15) is 0 Å². The van der Waals surface area contributed by atoms with Crippen molar-refractivity contribution in [2.24, 2.45) is 0 Å². The summed E-state index contributed by atoms with van der Waals surface area (Å²) in [6.45, 7) is 4.65. The molecule has 1 heterocycles. The first-order valence-corrected chi connectivity index (χ1v) is 8.38. The molecule has 1 atom stereocenters. The SMILES string of the molecule is CCCn1c(CO)nnc1SC(CC)C(=O)c1ccccc1. The molecule has 6 heteroatoms. The van der Waals surface area contributed by atoms with Crippen LogP contribution in [0.1, 0.15) is 42.9 Å². The van der Waals surface area contributed by atoms with Crippen molar-refractivity contribution in [3.63, 3.8) is 0 Å². The third-order valence-electron chi connectivity index (χ3n) is 3.35. The first kappa shape index (κ1) is 16.7. The first-order valence-electron chi connectivity index (χ1n) is 7.50. The molecule has 0 spiro atoms. The molecule has 0 aliphatic carbocycles. The van der Waals surface area contributed by atoms with Gasteiger partial charge in [0.1, 0.15) is 6.61 Å². The van der Waals surface area contributed by atoms with Crippen molar-refractivity contribution in [3.05, 3.63) is 41.7 Å². The number of Topliss-reactive ketones (excluding diaryl/α,β-unsaturated/α-hetero) is 1. The second kappa shape index (κ2) is 8.10. The average Bonchev–Trinajstić information content (AvgIpc) is 2.95. The van der Waals surface area contributed by atoms with Crippen LogP contribution in [-0.2, 0) is 13.2 Å². The van der Waals surface area contributed by atoms with Gasteiger partial charge in [0.15, 0.2) is 16.8 Å². The molecular formula is C16H21N3O2S. The van der Waals surface area contributed by atoms with Gasteiger partial charge in [-0.25, -0.2) is 0 Å². The molecule has 0 radical (unpaired) electrons. The third-order valence-corrected chi connectivity index (χ3v) is 4.70. The van der Waals surface area contributed by atoms with Crippen molar-refractivity contribution in [2.75, 3.05) is 0 Å². The molecule has 0 amide bonds. The van der Waals surface area contributed by atoms with Crippen LogP contribution in [0.4, 0.5) is 0 Å². The molecule has 1 N–H and O–H groups in total. The van der Waals surface area contributed by atoms with Crippen LogP contribution >= 0.6 is 11.8 Å². The van der Waals surface area contributed by atoms with E-state index in [1.54, 1.807) is 0 Å². The van der Waals surface area contributed by atoms with E-state index in [2.05, 4.69) is 17.1 Å². The molecule has 0 saturated heterocycles. The molecule has 1 aromatic heterocycles. The van der Waals surface area contributed by atoms with Crippen molar-refractivity contribution >= 4 is 17.5 Å². The lowest BCUT2D eigenvalue weighted by atomic mass is 10.1. The van der Waals surface area contributed by atoms with Crippen molar-refractivity contribution in [2.45, 2.75) is 50.2 Å². The standard InChI is InChI=1S/C16H21N3O2S/c1-3-10-19-14(11-20)17-18-16(19)22-13(4-2)15(21)12-8-6-5-7-9-12/h5-9,13,20H,3-4,10-11H2,1-2H3. The zero-order chi connectivity index (χ0) is 15.9. The van der Waals surface area contributed by atoms with E-state index in [0.29, 0.717) is 23.0 Å². The number of carbonyl (C=O) groups excluding carboxylic acids is 1. The second-order valence-electron chi connectivity index (χ2n) is 4.95. The normalized spacial score (nSPS) is 12.3. The fourth-order valence-corrected chi connectivity index (χ4v) is 3.29. The zero-order valence-electron chi connectivity index (χ0n) is 12.9. The Balaban J connectivity index is 2.20. The molecule has 1 unspecified atom stereocenters.